The van der Waals surface area contributed by atoms with Crippen LogP contribution in [0.3, 0.4) is 0 Å². The SMILES string of the molecule is Nc1cc(C(=O)O)ccc1Oc1ccccc1Br. The molecule has 0 aliphatic heterocycles. The summed E-state index contributed by atoms with van der Waals surface area (Å²) in [5, 5.41) is 8.83. The lowest BCUT2D eigenvalue weighted by molar-refractivity contribution is 0.0697. The van der Waals surface area contributed by atoms with Crippen molar-refractivity contribution < 1.29 is 14.6 Å². The van der Waals surface area contributed by atoms with E-state index in [0.717, 1.165) is 4.47 Å². The van der Waals surface area contributed by atoms with Crippen LogP contribution in [0.15, 0.2) is 46.9 Å². The topological polar surface area (TPSA) is 72.6 Å². The van der Waals surface area contributed by atoms with E-state index in [4.69, 9.17) is 15.6 Å². The van der Waals surface area contributed by atoms with Gasteiger partial charge in [-0.3, -0.25) is 0 Å². The molecule has 2 aromatic carbocycles. The average Bonchev–Trinajstić information content (AvgIpc) is 2.34. The van der Waals surface area contributed by atoms with Crippen molar-refractivity contribution in [2.45, 2.75) is 0 Å². The zero-order chi connectivity index (χ0) is 13.1. The molecule has 0 spiro atoms. The van der Waals surface area contributed by atoms with Crippen LogP contribution in [0.4, 0.5) is 5.69 Å². The first kappa shape index (κ1) is 12.4. The highest BCUT2D eigenvalue weighted by Gasteiger charge is 2.09. The van der Waals surface area contributed by atoms with Crippen LogP contribution in [0.1, 0.15) is 10.4 Å². The summed E-state index contributed by atoms with van der Waals surface area (Å²) in [6.07, 6.45) is 0. The molecular weight excluding hydrogens is 298 g/mol. The first-order chi connectivity index (χ1) is 8.58. The van der Waals surface area contributed by atoms with Crippen LogP contribution in [0.2, 0.25) is 0 Å². The van der Waals surface area contributed by atoms with Crippen LogP contribution >= 0.6 is 15.9 Å². The van der Waals surface area contributed by atoms with Gasteiger partial charge < -0.3 is 15.6 Å². The number of hydrogen-bond acceptors (Lipinski definition) is 3. The van der Waals surface area contributed by atoms with E-state index in [1.54, 1.807) is 6.07 Å². The van der Waals surface area contributed by atoms with E-state index in [9.17, 15) is 4.79 Å². The summed E-state index contributed by atoms with van der Waals surface area (Å²) >= 11 is 3.36. The van der Waals surface area contributed by atoms with E-state index >= 15 is 0 Å². The lowest BCUT2D eigenvalue weighted by atomic mass is 10.2. The fourth-order valence-electron chi connectivity index (χ4n) is 1.42. The summed E-state index contributed by atoms with van der Waals surface area (Å²) in [4.78, 5) is 10.8. The lowest BCUT2D eigenvalue weighted by Gasteiger charge is -2.10. The predicted octanol–water partition coefficient (Wildman–Crippen LogP) is 3.52. The molecule has 0 aliphatic carbocycles. The molecule has 0 amide bonds. The standard InChI is InChI=1S/C13H10BrNO3/c14-9-3-1-2-4-11(9)18-12-6-5-8(13(16)17)7-10(12)15/h1-7H,15H2,(H,16,17). The van der Waals surface area contributed by atoms with Gasteiger partial charge in [-0.25, -0.2) is 4.79 Å². The summed E-state index contributed by atoms with van der Waals surface area (Å²) in [6, 6.07) is 11.7. The molecule has 0 atom stereocenters. The number of benzene rings is 2. The fraction of sp³-hybridized carbons (Fsp3) is 0. The number of halogens is 1. The van der Waals surface area contributed by atoms with E-state index in [2.05, 4.69) is 15.9 Å². The molecule has 0 saturated heterocycles. The van der Waals surface area contributed by atoms with Crippen molar-refractivity contribution >= 4 is 27.6 Å². The van der Waals surface area contributed by atoms with Gasteiger partial charge in [0, 0.05) is 0 Å². The van der Waals surface area contributed by atoms with E-state index in [1.165, 1.54) is 18.2 Å². The number of anilines is 1. The quantitative estimate of drug-likeness (QED) is 0.851. The van der Waals surface area contributed by atoms with Crippen molar-refractivity contribution in [2.75, 3.05) is 5.73 Å². The van der Waals surface area contributed by atoms with Gasteiger partial charge in [-0.15, -0.1) is 0 Å². The smallest absolute Gasteiger partial charge is 0.335 e. The molecule has 3 N–H and O–H groups in total. The third kappa shape index (κ3) is 2.62. The highest BCUT2D eigenvalue weighted by Crippen LogP contribution is 2.32. The summed E-state index contributed by atoms with van der Waals surface area (Å²) < 4.78 is 6.41. The third-order valence-electron chi connectivity index (χ3n) is 2.31. The van der Waals surface area contributed by atoms with Crippen LogP contribution in [0.25, 0.3) is 0 Å². The maximum atomic E-state index is 10.8. The van der Waals surface area contributed by atoms with Crippen LogP contribution in [-0.2, 0) is 0 Å². The Hall–Kier alpha value is -2.01. The molecule has 0 aromatic heterocycles. The van der Waals surface area contributed by atoms with Crippen molar-refractivity contribution in [3.05, 3.63) is 52.5 Å². The van der Waals surface area contributed by atoms with Crippen LogP contribution in [0, 0.1) is 0 Å². The molecule has 92 valence electrons. The van der Waals surface area contributed by atoms with E-state index in [0.29, 0.717) is 11.5 Å². The molecule has 0 bridgehead atoms. The Morgan fingerprint density at radius 3 is 2.50 bits per heavy atom. The van der Waals surface area contributed by atoms with Gasteiger partial charge in [0.15, 0.2) is 0 Å². The number of hydrogen-bond donors (Lipinski definition) is 2. The number of para-hydroxylation sites is 1. The second kappa shape index (κ2) is 5.10. The molecule has 5 heteroatoms. The maximum Gasteiger partial charge on any atom is 0.335 e. The number of carboxylic acid groups (broad SMARTS) is 1. The van der Waals surface area contributed by atoms with Gasteiger partial charge in [0.2, 0.25) is 0 Å². The first-order valence-corrected chi connectivity index (χ1v) is 5.92. The Bertz CT molecular complexity index is 599. The molecule has 18 heavy (non-hydrogen) atoms. The number of carbonyl (C=O) groups is 1. The number of aromatic carboxylic acids is 1. The zero-order valence-electron chi connectivity index (χ0n) is 9.26. The Morgan fingerprint density at radius 2 is 1.89 bits per heavy atom. The highest BCUT2D eigenvalue weighted by atomic mass is 79.9. The molecule has 0 unspecified atom stereocenters. The largest absolute Gasteiger partial charge is 0.478 e. The Labute approximate surface area is 112 Å². The van der Waals surface area contributed by atoms with E-state index in [1.807, 2.05) is 18.2 Å². The van der Waals surface area contributed by atoms with Gasteiger partial charge in [0.05, 0.1) is 15.7 Å². The molecule has 4 nitrogen and oxygen atoms in total. The van der Waals surface area contributed by atoms with E-state index < -0.39 is 5.97 Å². The number of rotatable bonds is 3. The molecule has 0 heterocycles. The van der Waals surface area contributed by atoms with Crippen molar-refractivity contribution in [3.63, 3.8) is 0 Å². The second-order valence-corrected chi connectivity index (χ2v) is 4.44. The molecule has 0 saturated carbocycles. The molecule has 2 rings (SSSR count). The molecule has 2 aromatic rings. The van der Waals surface area contributed by atoms with Crippen molar-refractivity contribution in [1.29, 1.82) is 0 Å². The summed E-state index contributed by atoms with van der Waals surface area (Å²) in [6.45, 7) is 0. The van der Waals surface area contributed by atoms with Gasteiger partial charge in [-0.2, -0.15) is 0 Å². The van der Waals surface area contributed by atoms with Crippen LogP contribution in [-0.4, -0.2) is 11.1 Å². The normalized spacial score (nSPS) is 10.1. The lowest BCUT2D eigenvalue weighted by Crippen LogP contribution is -1.99. The number of nitrogen functional groups attached to an aromatic ring is 1. The minimum atomic E-state index is -1.02. The molecule has 0 radical (unpaired) electrons. The van der Waals surface area contributed by atoms with Gasteiger partial charge in [0.1, 0.15) is 11.5 Å². The van der Waals surface area contributed by atoms with Gasteiger partial charge in [0.25, 0.3) is 0 Å². The predicted molar refractivity (Wildman–Crippen MR) is 72.0 cm³/mol. The molecule has 0 aliphatic rings. The number of carboxylic acids is 1. The third-order valence-corrected chi connectivity index (χ3v) is 2.97. The Balaban J connectivity index is 2.30. The number of ether oxygens (including phenoxy) is 1. The van der Waals surface area contributed by atoms with Crippen molar-refractivity contribution in [2.24, 2.45) is 0 Å². The average molecular weight is 308 g/mol. The minimum Gasteiger partial charge on any atom is -0.478 e. The first-order valence-electron chi connectivity index (χ1n) is 5.13. The van der Waals surface area contributed by atoms with Gasteiger partial charge in [-0.05, 0) is 46.3 Å². The highest BCUT2D eigenvalue weighted by molar-refractivity contribution is 9.10. The van der Waals surface area contributed by atoms with Gasteiger partial charge in [-0.1, -0.05) is 12.1 Å². The molecular formula is C13H10BrNO3. The fourth-order valence-corrected chi connectivity index (χ4v) is 1.79. The number of nitrogens with two attached hydrogens (primary N) is 1. The van der Waals surface area contributed by atoms with Crippen LogP contribution in [0.5, 0.6) is 11.5 Å². The van der Waals surface area contributed by atoms with Gasteiger partial charge >= 0.3 is 5.97 Å². The Morgan fingerprint density at radius 1 is 1.17 bits per heavy atom. The summed E-state index contributed by atoms with van der Waals surface area (Å²) in [7, 11) is 0. The zero-order valence-corrected chi connectivity index (χ0v) is 10.8. The molecule has 0 fully saturated rings. The minimum absolute atomic E-state index is 0.131. The van der Waals surface area contributed by atoms with Crippen molar-refractivity contribution in [1.82, 2.24) is 0 Å². The summed E-state index contributed by atoms with van der Waals surface area (Å²) in [5.41, 5.74) is 6.17. The Kier molecular flexibility index (Phi) is 3.53. The van der Waals surface area contributed by atoms with E-state index in [-0.39, 0.29) is 11.3 Å². The van der Waals surface area contributed by atoms with Crippen LogP contribution < -0.4 is 10.5 Å². The summed E-state index contributed by atoms with van der Waals surface area (Å²) in [5.74, 6) is 0.0216. The monoisotopic (exact) mass is 307 g/mol. The second-order valence-electron chi connectivity index (χ2n) is 3.59. The van der Waals surface area contributed by atoms with Crippen molar-refractivity contribution in [3.8, 4) is 11.5 Å². The maximum absolute atomic E-state index is 10.8.